The molecule has 0 N–H and O–H groups in total. The summed E-state index contributed by atoms with van der Waals surface area (Å²) in [6.07, 6.45) is 5.27. The lowest BCUT2D eigenvalue weighted by Crippen LogP contribution is -2.43. The number of hydrogen-bond donors (Lipinski definition) is 0. The molecule has 1 aliphatic heterocycles. The predicted molar refractivity (Wildman–Crippen MR) is 117 cm³/mol. The molecule has 0 aromatic rings. The van der Waals surface area contributed by atoms with Crippen LogP contribution < -0.4 is 0 Å². The van der Waals surface area contributed by atoms with Crippen LogP contribution in [0.25, 0.3) is 5.53 Å². The fraction of sp³-hybridized carbons (Fsp3) is 0.950. The van der Waals surface area contributed by atoms with Crippen LogP contribution in [0.4, 0.5) is 0 Å². The highest BCUT2D eigenvalue weighted by Crippen LogP contribution is 2.60. The summed E-state index contributed by atoms with van der Waals surface area (Å²) in [6.45, 7) is 23.2. The maximum atomic E-state index is 10.1. The third-order valence-electron chi connectivity index (χ3n) is 5.17. The molecule has 0 amide bonds. The number of hydrogen-bond acceptors (Lipinski definition) is 2. The SMILES string of the molecule is CC(C)(C)CN1[C@@H]2CCCC[C@H]2N(CC(C)(C)C)P1C(=[N+]=[N-])[Si](C)(C)C. The molecule has 0 bridgehead atoms. The van der Waals surface area contributed by atoms with Gasteiger partial charge in [-0.05, 0) is 23.7 Å². The minimum absolute atomic E-state index is 0.250. The molecule has 150 valence electrons. The lowest BCUT2D eigenvalue weighted by molar-refractivity contribution is 0.00253. The Morgan fingerprint density at radius 3 is 1.58 bits per heavy atom. The summed E-state index contributed by atoms with van der Waals surface area (Å²) < 4.78 is 5.55. The van der Waals surface area contributed by atoms with Crippen LogP contribution in [0.2, 0.25) is 19.6 Å². The van der Waals surface area contributed by atoms with Crippen LogP contribution in [0.5, 0.6) is 0 Å². The molecule has 2 aliphatic rings. The van der Waals surface area contributed by atoms with Crippen molar-refractivity contribution in [1.82, 2.24) is 9.34 Å². The van der Waals surface area contributed by atoms with Gasteiger partial charge in [-0.15, -0.1) is 0 Å². The van der Waals surface area contributed by atoms with Crippen molar-refractivity contribution < 1.29 is 4.79 Å². The van der Waals surface area contributed by atoms with Crippen LogP contribution >= 0.6 is 8.22 Å². The fourth-order valence-electron chi connectivity index (χ4n) is 4.29. The summed E-state index contributed by atoms with van der Waals surface area (Å²) >= 11 is 0. The Labute approximate surface area is 164 Å². The first-order valence-corrected chi connectivity index (χ1v) is 15.1. The first-order valence-electron chi connectivity index (χ1n) is 10.3. The first-order chi connectivity index (χ1) is 11.7. The van der Waals surface area contributed by atoms with Gasteiger partial charge in [0, 0.05) is 25.2 Å². The number of fused-ring (bicyclic) bond motifs is 1. The molecule has 2 atom stereocenters. The average molecular weight is 397 g/mol. The van der Waals surface area contributed by atoms with Gasteiger partial charge in [0.15, 0.2) is 16.3 Å². The first kappa shape index (κ1) is 22.2. The van der Waals surface area contributed by atoms with Crippen LogP contribution in [-0.4, -0.2) is 52.5 Å². The zero-order valence-electron chi connectivity index (χ0n) is 18.6. The van der Waals surface area contributed by atoms with Crippen LogP contribution in [0.15, 0.2) is 0 Å². The maximum Gasteiger partial charge on any atom is 0.284 e. The highest BCUT2D eigenvalue weighted by molar-refractivity contribution is 7.78. The second-order valence-electron chi connectivity index (χ2n) is 11.7. The molecule has 2 rings (SSSR count). The summed E-state index contributed by atoms with van der Waals surface area (Å²) in [5.41, 5.74) is 10.6. The molecule has 1 aliphatic carbocycles. The summed E-state index contributed by atoms with van der Waals surface area (Å²) in [4.78, 5) is 3.98. The van der Waals surface area contributed by atoms with Gasteiger partial charge in [-0.2, -0.15) is 4.79 Å². The highest BCUT2D eigenvalue weighted by Gasteiger charge is 2.56. The van der Waals surface area contributed by atoms with E-state index in [4.69, 9.17) is 0 Å². The summed E-state index contributed by atoms with van der Waals surface area (Å²) in [7, 11) is -2.38. The summed E-state index contributed by atoms with van der Waals surface area (Å²) in [5, 5.41) is 1.12. The standard InChI is InChI=1S/C20H41N4PSi/c1-19(2,3)14-23-16-12-10-11-13-17(16)24(15-20(4,5)6)25(23)18(22-21)26(7,8)9/h16-17H,10-15H2,1-9H3/t16-,17-/m1/s1. The maximum absolute atomic E-state index is 10.1. The van der Waals surface area contributed by atoms with Crippen molar-refractivity contribution in [3.8, 4) is 0 Å². The van der Waals surface area contributed by atoms with Gasteiger partial charge in [-0.25, -0.2) is 0 Å². The molecule has 0 unspecified atom stereocenters. The Morgan fingerprint density at radius 1 is 0.923 bits per heavy atom. The molecule has 0 aromatic heterocycles. The predicted octanol–water partition coefficient (Wildman–Crippen LogP) is 5.83. The van der Waals surface area contributed by atoms with E-state index in [1.807, 2.05) is 0 Å². The zero-order valence-corrected chi connectivity index (χ0v) is 20.5. The molecule has 1 saturated heterocycles. The van der Waals surface area contributed by atoms with Gasteiger partial charge in [0.2, 0.25) is 0 Å². The van der Waals surface area contributed by atoms with Crippen LogP contribution in [-0.2, 0) is 0 Å². The van der Waals surface area contributed by atoms with E-state index in [1.165, 1.54) is 25.7 Å². The molecule has 2 fully saturated rings. The smallest absolute Gasteiger partial charge is 0.284 e. The van der Waals surface area contributed by atoms with Crippen LogP contribution in [0, 0.1) is 10.8 Å². The zero-order chi connectivity index (χ0) is 19.9. The minimum Gasteiger partial charge on any atom is -0.362 e. The Hall–Kier alpha value is -0.0531. The molecule has 0 aromatic carbocycles. The van der Waals surface area contributed by atoms with Gasteiger partial charge in [0.05, 0.1) is 0 Å². The fourth-order valence-corrected chi connectivity index (χ4v) is 10.8. The van der Waals surface area contributed by atoms with Crippen molar-refractivity contribution in [1.29, 1.82) is 0 Å². The van der Waals surface area contributed by atoms with E-state index in [-0.39, 0.29) is 10.8 Å². The Bertz CT molecular complexity index is 520. The molecule has 1 saturated carbocycles. The van der Waals surface area contributed by atoms with Crippen molar-refractivity contribution in [2.45, 2.75) is 99.0 Å². The normalized spacial score (nSPS) is 26.7. The average Bonchev–Trinajstić information content (AvgIpc) is 2.70. The third-order valence-corrected chi connectivity index (χ3v) is 11.5. The van der Waals surface area contributed by atoms with E-state index in [0.717, 1.165) is 18.2 Å². The number of nitrogens with zero attached hydrogens (tertiary/aromatic N) is 4. The van der Waals surface area contributed by atoms with Gasteiger partial charge in [0.25, 0.3) is 5.08 Å². The molecule has 0 spiro atoms. The molecule has 6 heteroatoms. The molecule has 26 heavy (non-hydrogen) atoms. The second kappa shape index (κ2) is 7.76. The van der Waals surface area contributed by atoms with E-state index < -0.39 is 16.3 Å². The van der Waals surface area contributed by atoms with E-state index in [9.17, 15) is 5.53 Å². The Morgan fingerprint density at radius 2 is 1.31 bits per heavy atom. The van der Waals surface area contributed by atoms with Crippen molar-refractivity contribution in [2.24, 2.45) is 10.8 Å². The lowest BCUT2D eigenvalue weighted by atomic mass is 9.87. The van der Waals surface area contributed by atoms with Crippen LogP contribution in [0.3, 0.4) is 0 Å². The molecule has 1 heterocycles. The summed E-state index contributed by atoms with van der Waals surface area (Å²) in [6, 6.07) is 1.26. The van der Waals surface area contributed by atoms with Gasteiger partial charge in [0.1, 0.15) is 0 Å². The van der Waals surface area contributed by atoms with Gasteiger partial charge in [-0.1, -0.05) is 74.0 Å². The van der Waals surface area contributed by atoms with E-state index in [2.05, 4.69) is 75.3 Å². The lowest BCUT2D eigenvalue weighted by Gasteiger charge is -2.36. The van der Waals surface area contributed by atoms with Gasteiger partial charge in [-0.3, -0.25) is 9.34 Å². The monoisotopic (exact) mass is 396 g/mol. The molecular weight excluding hydrogens is 355 g/mol. The topological polar surface area (TPSA) is 42.9 Å². The summed E-state index contributed by atoms with van der Waals surface area (Å²) in [5.74, 6) is 0. The molecule has 0 radical (unpaired) electrons. The largest absolute Gasteiger partial charge is 0.362 e. The van der Waals surface area contributed by atoms with E-state index >= 15 is 0 Å². The van der Waals surface area contributed by atoms with Crippen LogP contribution in [0.1, 0.15) is 67.2 Å². The van der Waals surface area contributed by atoms with E-state index in [0.29, 0.717) is 12.1 Å². The van der Waals surface area contributed by atoms with Crippen molar-refractivity contribution in [3.63, 3.8) is 0 Å². The Kier molecular flexibility index (Phi) is 6.63. The molecular formula is C20H41N4PSi. The second-order valence-corrected chi connectivity index (χ2v) is 19.1. The van der Waals surface area contributed by atoms with E-state index in [1.54, 1.807) is 0 Å². The quantitative estimate of drug-likeness (QED) is 0.197. The Balaban J connectivity index is 2.53. The van der Waals surface area contributed by atoms with Crippen molar-refractivity contribution in [2.75, 3.05) is 13.1 Å². The van der Waals surface area contributed by atoms with Gasteiger partial charge < -0.3 is 5.53 Å². The third kappa shape index (κ3) is 5.26. The highest BCUT2D eigenvalue weighted by atomic mass is 31.1. The number of rotatable bonds is 4. The van der Waals surface area contributed by atoms with Crippen molar-refractivity contribution in [3.05, 3.63) is 5.53 Å². The van der Waals surface area contributed by atoms with Crippen molar-refractivity contribution >= 4 is 21.4 Å². The van der Waals surface area contributed by atoms with Gasteiger partial charge >= 0.3 is 0 Å². The minimum atomic E-state index is -1.70. The molecule has 4 nitrogen and oxygen atoms in total.